The largest absolute Gasteiger partial charge is 0.494 e. The van der Waals surface area contributed by atoms with E-state index in [-0.39, 0.29) is 24.8 Å². The number of nitrogens with one attached hydrogen (secondary N) is 2. The summed E-state index contributed by atoms with van der Waals surface area (Å²) in [5, 5.41) is 5.45. The average molecular weight is 444 g/mol. The third kappa shape index (κ3) is 4.57. The van der Waals surface area contributed by atoms with Crippen LogP contribution < -0.4 is 15.4 Å². The zero-order valence-corrected chi connectivity index (χ0v) is 17.7. The summed E-state index contributed by atoms with van der Waals surface area (Å²) in [5.74, 6) is -1.18. The third-order valence-electron chi connectivity index (χ3n) is 5.10. The minimum atomic E-state index is -0.404. The Kier molecular flexibility index (Phi) is 6.12. The van der Waals surface area contributed by atoms with E-state index in [4.69, 9.17) is 4.74 Å². The van der Waals surface area contributed by atoms with Crippen LogP contribution in [-0.2, 0) is 4.79 Å². The van der Waals surface area contributed by atoms with Crippen LogP contribution >= 0.6 is 0 Å². The van der Waals surface area contributed by atoms with E-state index in [1.807, 2.05) is 0 Å². The van der Waals surface area contributed by atoms with Crippen LogP contribution in [0.5, 0.6) is 5.75 Å². The van der Waals surface area contributed by atoms with Crippen molar-refractivity contribution >= 4 is 35.0 Å². The quantitative estimate of drug-likeness (QED) is 0.541. The lowest BCUT2D eigenvalue weighted by Crippen LogP contribution is -2.32. The second-order valence-corrected chi connectivity index (χ2v) is 7.22. The minimum Gasteiger partial charge on any atom is -0.494 e. The van der Waals surface area contributed by atoms with Gasteiger partial charge in [-0.05, 0) is 36.4 Å². The normalized spacial score (nSPS) is 12.3. The Balaban J connectivity index is 1.37. The molecule has 0 unspecified atom stereocenters. The van der Waals surface area contributed by atoms with Gasteiger partial charge in [-0.3, -0.25) is 29.1 Å². The van der Waals surface area contributed by atoms with Crippen LogP contribution in [0.3, 0.4) is 0 Å². The molecule has 166 valence electrons. The smallest absolute Gasteiger partial charge is 0.261 e. The van der Waals surface area contributed by atoms with E-state index in [9.17, 15) is 19.2 Å². The molecule has 0 spiro atoms. The Bertz CT molecular complexity index is 1210. The molecule has 2 N–H and O–H groups in total. The van der Waals surface area contributed by atoms with Crippen molar-refractivity contribution in [2.24, 2.45) is 0 Å². The lowest BCUT2D eigenvalue weighted by molar-refractivity contribution is -0.116. The van der Waals surface area contributed by atoms with Crippen LogP contribution in [0, 0.1) is 0 Å². The summed E-state index contributed by atoms with van der Waals surface area (Å²) in [7, 11) is 1.45. The fourth-order valence-corrected chi connectivity index (χ4v) is 3.44. The topological polar surface area (TPSA) is 118 Å². The van der Waals surface area contributed by atoms with Crippen molar-refractivity contribution in [2.75, 3.05) is 24.3 Å². The molecule has 0 fully saturated rings. The number of imide groups is 1. The van der Waals surface area contributed by atoms with Crippen LogP contribution in [0.1, 0.15) is 37.5 Å². The van der Waals surface area contributed by atoms with Crippen LogP contribution in [0.4, 0.5) is 11.4 Å². The minimum absolute atomic E-state index is 0.0332. The summed E-state index contributed by atoms with van der Waals surface area (Å²) in [6.45, 7) is -0.0332. The van der Waals surface area contributed by atoms with E-state index in [0.717, 1.165) is 4.90 Å². The van der Waals surface area contributed by atoms with Crippen LogP contribution in [-0.4, -0.2) is 47.2 Å². The zero-order chi connectivity index (χ0) is 23.4. The summed E-state index contributed by atoms with van der Waals surface area (Å²) in [6.07, 6.45) is 2.96. The van der Waals surface area contributed by atoms with Gasteiger partial charge in [0.2, 0.25) is 5.91 Å². The van der Waals surface area contributed by atoms with Gasteiger partial charge in [0.15, 0.2) is 0 Å². The van der Waals surface area contributed by atoms with Crippen molar-refractivity contribution in [1.82, 2.24) is 9.88 Å². The van der Waals surface area contributed by atoms with Crippen molar-refractivity contribution in [3.8, 4) is 5.75 Å². The SMILES string of the molecule is COc1cc(NC(=O)CCN2C(=O)c3ccccc3C2=O)ccc1NC(=O)c1cccnc1. The van der Waals surface area contributed by atoms with Gasteiger partial charge in [0, 0.05) is 37.1 Å². The fraction of sp³-hybridized carbons (Fsp3) is 0.125. The van der Waals surface area contributed by atoms with Gasteiger partial charge < -0.3 is 15.4 Å². The Hall–Kier alpha value is -4.53. The number of anilines is 2. The Labute approximate surface area is 189 Å². The lowest BCUT2D eigenvalue weighted by Gasteiger charge is -2.15. The highest BCUT2D eigenvalue weighted by Gasteiger charge is 2.34. The van der Waals surface area contributed by atoms with Gasteiger partial charge in [-0.25, -0.2) is 0 Å². The molecule has 0 atom stereocenters. The molecule has 0 saturated carbocycles. The number of amides is 4. The number of hydrogen-bond donors (Lipinski definition) is 2. The van der Waals surface area contributed by atoms with Gasteiger partial charge in [-0.2, -0.15) is 0 Å². The number of methoxy groups -OCH3 is 1. The van der Waals surface area contributed by atoms with E-state index in [1.54, 1.807) is 60.8 Å². The number of benzene rings is 2. The number of hydrogen-bond acceptors (Lipinski definition) is 6. The van der Waals surface area contributed by atoms with Crippen molar-refractivity contribution < 1.29 is 23.9 Å². The number of carbonyl (C=O) groups is 4. The molecule has 9 heteroatoms. The molecule has 1 aliphatic rings. The van der Waals surface area contributed by atoms with E-state index in [1.165, 1.54) is 13.3 Å². The monoisotopic (exact) mass is 444 g/mol. The summed E-state index contributed by atoms with van der Waals surface area (Å²) >= 11 is 0. The molecule has 4 rings (SSSR count). The summed E-state index contributed by atoms with van der Waals surface area (Å²) in [5.41, 5.74) is 1.95. The summed E-state index contributed by atoms with van der Waals surface area (Å²) in [6, 6.07) is 14.7. The zero-order valence-electron chi connectivity index (χ0n) is 17.7. The van der Waals surface area contributed by atoms with Crippen LogP contribution in [0.2, 0.25) is 0 Å². The van der Waals surface area contributed by atoms with Gasteiger partial charge in [-0.15, -0.1) is 0 Å². The Morgan fingerprint density at radius 1 is 0.970 bits per heavy atom. The number of ether oxygens (including phenoxy) is 1. The third-order valence-corrected chi connectivity index (χ3v) is 5.10. The Morgan fingerprint density at radius 3 is 2.33 bits per heavy atom. The maximum absolute atomic E-state index is 12.4. The van der Waals surface area contributed by atoms with Gasteiger partial charge in [-0.1, -0.05) is 12.1 Å². The molecule has 9 nitrogen and oxygen atoms in total. The first-order valence-electron chi connectivity index (χ1n) is 10.1. The number of pyridine rings is 1. The maximum Gasteiger partial charge on any atom is 0.261 e. The summed E-state index contributed by atoms with van der Waals surface area (Å²) in [4.78, 5) is 54.6. The molecule has 0 saturated heterocycles. The molecule has 1 aromatic heterocycles. The molecular weight excluding hydrogens is 424 g/mol. The number of carbonyl (C=O) groups excluding carboxylic acids is 4. The molecule has 2 aromatic carbocycles. The highest BCUT2D eigenvalue weighted by molar-refractivity contribution is 6.21. The summed E-state index contributed by atoms with van der Waals surface area (Å²) < 4.78 is 5.33. The first-order valence-corrected chi connectivity index (χ1v) is 10.1. The predicted molar refractivity (Wildman–Crippen MR) is 120 cm³/mol. The number of fused-ring (bicyclic) bond motifs is 1. The van der Waals surface area contributed by atoms with E-state index in [0.29, 0.717) is 33.8 Å². The number of aromatic nitrogens is 1. The molecule has 4 amide bonds. The van der Waals surface area contributed by atoms with Gasteiger partial charge >= 0.3 is 0 Å². The maximum atomic E-state index is 12.4. The molecule has 0 radical (unpaired) electrons. The van der Waals surface area contributed by atoms with Crippen molar-refractivity contribution in [1.29, 1.82) is 0 Å². The first-order chi connectivity index (χ1) is 16.0. The van der Waals surface area contributed by atoms with Crippen LogP contribution in [0.25, 0.3) is 0 Å². The molecular formula is C24H20N4O5. The first kappa shape index (κ1) is 21.7. The second kappa shape index (κ2) is 9.31. The lowest BCUT2D eigenvalue weighted by atomic mass is 10.1. The van der Waals surface area contributed by atoms with Gasteiger partial charge in [0.05, 0.1) is 29.5 Å². The van der Waals surface area contributed by atoms with Crippen molar-refractivity contribution in [3.05, 3.63) is 83.7 Å². The van der Waals surface area contributed by atoms with Crippen molar-refractivity contribution in [3.63, 3.8) is 0 Å². The fourth-order valence-electron chi connectivity index (χ4n) is 3.44. The van der Waals surface area contributed by atoms with Crippen molar-refractivity contribution in [2.45, 2.75) is 6.42 Å². The number of nitrogens with zero attached hydrogens (tertiary/aromatic N) is 2. The Morgan fingerprint density at radius 2 is 1.70 bits per heavy atom. The highest BCUT2D eigenvalue weighted by atomic mass is 16.5. The molecule has 2 heterocycles. The highest BCUT2D eigenvalue weighted by Crippen LogP contribution is 2.29. The predicted octanol–water partition coefficient (Wildman–Crippen LogP) is 2.97. The average Bonchev–Trinajstić information content (AvgIpc) is 3.08. The van der Waals surface area contributed by atoms with E-state index in [2.05, 4.69) is 15.6 Å². The van der Waals surface area contributed by atoms with Gasteiger partial charge in [0.1, 0.15) is 5.75 Å². The molecule has 0 bridgehead atoms. The van der Waals surface area contributed by atoms with E-state index >= 15 is 0 Å². The second-order valence-electron chi connectivity index (χ2n) is 7.22. The molecule has 0 aliphatic carbocycles. The molecule has 3 aromatic rings. The van der Waals surface area contributed by atoms with E-state index < -0.39 is 11.8 Å². The van der Waals surface area contributed by atoms with Gasteiger partial charge in [0.25, 0.3) is 17.7 Å². The number of rotatable bonds is 7. The van der Waals surface area contributed by atoms with Crippen LogP contribution in [0.15, 0.2) is 67.0 Å². The standard InChI is InChI=1S/C24H20N4O5/c1-33-20-13-16(8-9-19(20)27-22(30)15-5-4-11-25-14-15)26-21(29)10-12-28-23(31)17-6-2-3-7-18(17)24(28)32/h2-9,11,13-14H,10,12H2,1H3,(H,26,29)(H,27,30). The molecule has 33 heavy (non-hydrogen) atoms. The molecule has 1 aliphatic heterocycles.